The summed E-state index contributed by atoms with van der Waals surface area (Å²) in [6.45, 7) is 0. The smallest absolute Gasteiger partial charge is 0.416 e. The average Bonchev–Trinajstić information content (AvgIpc) is 3.09. The molecule has 1 aliphatic rings. The SMILES string of the molecule is Oc1ccc(Cl)cc1-n1cc(CC2(O)Cc3c(C(F)(F)F)cc(C(F)(F)F)cc32)nn1. The number of rotatable bonds is 3. The van der Waals surface area contributed by atoms with Gasteiger partial charge in [-0.25, -0.2) is 4.68 Å². The molecule has 0 bridgehead atoms. The predicted octanol–water partition coefficient (Wildman–Crippen LogP) is 4.65. The van der Waals surface area contributed by atoms with Gasteiger partial charge in [0, 0.05) is 17.9 Å². The number of phenols is 1. The third-order valence-electron chi connectivity index (χ3n) is 5.05. The number of halogens is 7. The number of aliphatic hydroxyl groups is 1. The molecule has 164 valence electrons. The van der Waals surface area contributed by atoms with E-state index in [0.29, 0.717) is 6.07 Å². The fraction of sp³-hybridized carbons (Fsp3) is 0.263. The molecule has 1 heterocycles. The third kappa shape index (κ3) is 3.83. The number of aromatic nitrogens is 3. The lowest BCUT2D eigenvalue weighted by atomic mass is 9.68. The van der Waals surface area contributed by atoms with Gasteiger partial charge in [-0.2, -0.15) is 26.3 Å². The van der Waals surface area contributed by atoms with Gasteiger partial charge in [0.15, 0.2) is 0 Å². The van der Waals surface area contributed by atoms with E-state index in [4.69, 9.17) is 11.6 Å². The van der Waals surface area contributed by atoms with Gasteiger partial charge in [-0.05, 0) is 41.5 Å². The van der Waals surface area contributed by atoms with Gasteiger partial charge in [0.1, 0.15) is 11.4 Å². The summed E-state index contributed by atoms with van der Waals surface area (Å²) in [5, 5.41) is 28.6. The number of fused-ring (bicyclic) bond motifs is 1. The Morgan fingerprint density at radius 3 is 2.42 bits per heavy atom. The molecule has 5 nitrogen and oxygen atoms in total. The molecule has 1 atom stereocenters. The Balaban J connectivity index is 1.69. The Morgan fingerprint density at radius 1 is 1.06 bits per heavy atom. The second-order valence-corrected chi connectivity index (χ2v) is 7.65. The minimum atomic E-state index is -5.02. The van der Waals surface area contributed by atoms with Crippen molar-refractivity contribution in [1.82, 2.24) is 15.0 Å². The highest BCUT2D eigenvalue weighted by Crippen LogP contribution is 2.49. The standard InChI is InChI=1S/C19H12ClF6N3O2/c20-10-1-2-16(30)15(5-10)29-8-11(27-28-29)6-17(31)7-12-13(17)3-9(18(21,22)23)4-14(12)19(24,25)26/h1-5,8,30-31H,6-7H2. The topological polar surface area (TPSA) is 71.2 Å². The zero-order chi connectivity index (χ0) is 22.8. The Morgan fingerprint density at radius 2 is 1.77 bits per heavy atom. The van der Waals surface area contributed by atoms with Gasteiger partial charge in [0.05, 0.1) is 28.6 Å². The van der Waals surface area contributed by atoms with Crippen LogP contribution in [-0.4, -0.2) is 25.2 Å². The molecule has 0 saturated heterocycles. The normalized spacial score (nSPS) is 18.6. The molecule has 1 aliphatic carbocycles. The highest BCUT2D eigenvalue weighted by atomic mass is 35.5. The van der Waals surface area contributed by atoms with E-state index < -0.39 is 41.1 Å². The van der Waals surface area contributed by atoms with E-state index >= 15 is 0 Å². The molecule has 12 heteroatoms. The molecule has 0 saturated carbocycles. The minimum Gasteiger partial charge on any atom is -0.506 e. The molecule has 2 N–H and O–H groups in total. The lowest BCUT2D eigenvalue weighted by Gasteiger charge is -2.41. The quantitative estimate of drug-likeness (QED) is 0.555. The van der Waals surface area contributed by atoms with Gasteiger partial charge in [-0.1, -0.05) is 16.8 Å². The molecule has 0 spiro atoms. The van der Waals surface area contributed by atoms with Crippen molar-refractivity contribution in [3.05, 3.63) is 69.5 Å². The molecule has 0 amide bonds. The summed E-state index contributed by atoms with van der Waals surface area (Å²) in [6, 6.07) is 4.71. The molecule has 0 radical (unpaired) electrons. The maximum Gasteiger partial charge on any atom is 0.416 e. The number of benzene rings is 2. The van der Waals surface area contributed by atoms with Crippen molar-refractivity contribution in [2.45, 2.75) is 30.8 Å². The zero-order valence-electron chi connectivity index (χ0n) is 15.3. The zero-order valence-corrected chi connectivity index (χ0v) is 16.0. The van der Waals surface area contributed by atoms with Crippen LogP contribution >= 0.6 is 11.6 Å². The molecular formula is C19H12ClF6N3O2. The Hall–Kier alpha value is -2.79. The van der Waals surface area contributed by atoms with Crippen molar-refractivity contribution in [3.8, 4) is 11.4 Å². The van der Waals surface area contributed by atoms with Crippen LogP contribution in [0.5, 0.6) is 5.75 Å². The Kier molecular flexibility index (Phi) is 4.74. The first-order chi connectivity index (χ1) is 14.3. The molecular weight excluding hydrogens is 452 g/mol. The summed E-state index contributed by atoms with van der Waals surface area (Å²) in [6.07, 6.45) is -9.59. The highest BCUT2D eigenvalue weighted by Gasteiger charge is 2.49. The maximum atomic E-state index is 13.3. The van der Waals surface area contributed by atoms with Crippen LogP contribution in [0.1, 0.15) is 27.9 Å². The number of aromatic hydroxyl groups is 1. The van der Waals surface area contributed by atoms with Crippen molar-refractivity contribution in [2.75, 3.05) is 0 Å². The molecule has 0 aliphatic heterocycles. The fourth-order valence-corrected chi connectivity index (χ4v) is 3.78. The monoisotopic (exact) mass is 463 g/mol. The van der Waals surface area contributed by atoms with Crippen LogP contribution in [0, 0.1) is 0 Å². The van der Waals surface area contributed by atoms with Crippen LogP contribution in [0.4, 0.5) is 26.3 Å². The summed E-state index contributed by atoms with van der Waals surface area (Å²) in [7, 11) is 0. The van der Waals surface area contributed by atoms with E-state index in [9.17, 15) is 36.6 Å². The lowest BCUT2D eigenvalue weighted by molar-refractivity contribution is -0.145. The fourth-order valence-electron chi connectivity index (χ4n) is 3.61. The lowest BCUT2D eigenvalue weighted by Crippen LogP contribution is -2.43. The first-order valence-corrected chi connectivity index (χ1v) is 9.10. The summed E-state index contributed by atoms with van der Waals surface area (Å²) in [5.74, 6) is -0.182. The van der Waals surface area contributed by atoms with Crippen LogP contribution < -0.4 is 0 Å². The summed E-state index contributed by atoms with van der Waals surface area (Å²) in [5.41, 5.74) is -5.48. The van der Waals surface area contributed by atoms with Crippen molar-refractivity contribution in [2.24, 2.45) is 0 Å². The number of alkyl halides is 6. The van der Waals surface area contributed by atoms with E-state index in [0.717, 1.165) is 4.68 Å². The average molecular weight is 464 g/mol. The first kappa shape index (κ1) is 21.4. The van der Waals surface area contributed by atoms with Gasteiger partial charge in [0.25, 0.3) is 0 Å². The Labute approximate surface area is 175 Å². The van der Waals surface area contributed by atoms with Gasteiger partial charge in [0.2, 0.25) is 0 Å². The van der Waals surface area contributed by atoms with Gasteiger partial charge in [-0.3, -0.25) is 0 Å². The molecule has 4 rings (SSSR count). The van der Waals surface area contributed by atoms with E-state index in [1.54, 1.807) is 0 Å². The van der Waals surface area contributed by atoms with E-state index in [1.807, 2.05) is 0 Å². The van der Waals surface area contributed by atoms with Crippen LogP contribution in [0.2, 0.25) is 5.02 Å². The maximum absolute atomic E-state index is 13.3. The molecule has 1 aromatic heterocycles. The van der Waals surface area contributed by atoms with Gasteiger partial charge >= 0.3 is 12.4 Å². The highest BCUT2D eigenvalue weighted by molar-refractivity contribution is 6.30. The van der Waals surface area contributed by atoms with E-state index in [2.05, 4.69) is 10.3 Å². The third-order valence-corrected chi connectivity index (χ3v) is 5.29. The summed E-state index contributed by atoms with van der Waals surface area (Å²) < 4.78 is 80.3. The molecule has 1 unspecified atom stereocenters. The molecule has 0 fully saturated rings. The number of nitrogens with zero attached hydrogens (tertiary/aromatic N) is 3. The van der Waals surface area contributed by atoms with E-state index in [1.165, 1.54) is 24.4 Å². The van der Waals surface area contributed by atoms with Crippen LogP contribution in [0.3, 0.4) is 0 Å². The molecule has 2 aromatic carbocycles. The van der Waals surface area contributed by atoms with Crippen molar-refractivity contribution in [3.63, 3.8) is 0 Å². The first-order valence-electron chi connectivity index (χ1n) is 8.72. The number of phenolic OH excluding ortho intramolecular Hbond substituents is 1. The van der Waals surface area contributed by atoms with Crippen LogP contribution in [-0.2, 0) is 30.8 Å². The largest absolute Gasteiger partial charge is 0.506 e. The van der Waals surface area contributed by atoms with E-state index in [-0.39, 0.29) is 40.2 Å². The van der Waals surface area contributed by atoms with Crippen molar-refractivity contribution >= 4 is 11.6 Å². The number of hydrogen-bond donors (Lipinski definition) is 2. The predicted molar refractivity (Wildman–Crippen MR) is 95.8 cm³/mol. The molecule has 31 heavy (non-hydrogen) atoms. The Bertz CT molecular complexity index is 1170. The second-order valence-electron chi connectivity index (χ2n) is 7.22. The number of hydrogen-bond acceptors (Lipinski definition) is 4. The van der Waals surface area contributed by atoms with Gasteiger partial charge in [-0.15, -0.1) is 5.10 Å². The summed E-state index contributed by atoms with van der Waals surface area (Å²) in [4.78, 5) is 0. The van der Waals surface area contributed by atoms with Gasteiger partial charge < -0.3 is 10.2 Å². The second kappa shape index (κ2) is 6.86. The molecule has 3 aromatic rings. The van der Waals surface area contributed by atoms with Crippen molar-refractivity contribution < 1.29 is 36.6 Å². The minimum absolute atomic E-state index is 0.0522. The van der Waals surface area contributed by atoms with Crippen molar-refractivity contribution in [1.29, 1.82) is 0 Å². The van der Waals surface area contributed by atoms with Crippen LogP contribution in [0.25, 0.3) is 5.69 Å². The summed E-state index contributed by atoms with van der Waals surface area (Å²) >= 11 is 5.87. The van der Waals surface area contributed by atoms with Crippen LogP contribution in [0.15, 0.2) is 36.5 Å².